The predicted molar refractivity (Wildman–Crippen MR) is 69.5 cm³/mol. The largest absolute Gasteiger partial charge is 0.496 e. The number of rotatable bonds is 3. The molecule has 0 saturated carbocycles. The summed E-state index contributed by atoms with van der Waals surface area (Å²) in [6, 6.07) is 5.38. The Kier molecular flexibility index (Phi) is 3.04. The van der Waals surface area contributed by atoms with Gasteiger partial charge in [-0.25, -0.2) is 0 Å². The SMILES string of the molecule is CCCc1c(OC)c2cc(N)ccc2[nH]c1=O. The first-order chi connectivity index (χ1) is 8.17. The molecule has 90 valence electrons. The number of hydrogen-bond donors (Lipinski definition) is 2. The van der Waals surface area contributed by atoms with Gasteiger partial charge in [0.1, 0.15) is 5.75 Å². The number of aromatic amines is 1. The molecule has 2 aromatic rings. The van der Waals surface area contributed by atoms with Gasteiger partial charge in [0.05, 0.1) is 18.2 Å². The first kappa shape index (κ1) is 11.5. The predicted octanol–water partition coefficient (Wildman–Crippen LogP) is 2.07. The highest BCUT2D eigenvalue weighted by atomic mass is 16.5. The van der Waals surface area contributed by atoms with E-state index in [1.807, 2.05) is 13.0 Å². The molecule has 0 atom stereocenters. The highest BCUT2D eigenvalue weighted by Crippen LogP contribution is 2.28. The van der Waals surface area contributed by atoms with Crippen LogP contribution < -0.4 is 16.0 Å². The summed E-state index contributed by atoms with van der Waals surface area (Å²) in [5, 5.41) is 0.857. The number of fused-ring (bicyclic) bond motifs is 1. The Bertz CT molecular complexity index is 602. The summed E-state index contributed by atoms with van der Waals surface area (Å²) in [5.74, 6) is 0.637. The molecular formula is C13H16N2O2. The van der Waals surface area contributed by atoms with Crippen molar-refractivity contribution in [2.75, 3.05) is 12.8 Å². The molecular weight excluding hydrogens is 216 g/mol. The maximum absolute atomic E-state index is 11.9. The lowest BCUT2D eigenvalue weighted by Crippen LogP contribution is -2.14. The van der Waals surface area contributed by atoms with Crippen molar-refractivity contribution >= 4 is 16.6 Å². The topological polar surface area (TPSA) is 68.1 Å². The molecule has 1 heterocycles. The summed E-state index contributed by atoms with van der Waals surface area (Å²) in [4.78, 5) is 14.8. The number of ether oxygens (including phenoxy) is 1. The fourth-order valence-electron chi connectivity index (χ4n) is 2.03. The van der Waals surface area contributed by atoms with Gasteiger partial charge in [-0.2, -0.15) is 0 Å². The zero-order valence-corrected chi connectivity index (χ0v) is 10.0. The van der Waals surface area contributed by atoms with Crippen molar-refractivity contribution < 1.29 is 4.74 Å². The Labute approximate surface area is 99.4 Å². The van der Waals surface area contributed by atoms with E-state index >= 15 is 0 Å². The molecule has 4 nitrogen and oxygen atoms in total. The van der Waals surface area contributed by atoms with Crippen LogP contribution in [0.3, 0.4) is 0 Å². The number of benzene rings is 1. The van der Waals surface area contributed by atoms with Crippen molar-refractivity contribution in [1.29, 1.82) is 0 Å². The average molecular weight is 232 g/mol. The van der Waals surface area contributed by atoms with E-state index in [9.17, 15) is 4.79 Å². The molecule has 1 aromatic heterocycles. The Morgan fingerprint density at radius 2 is 2.18 bits per heavy atom. The van der Waals surface area contributed by atoms with Crippen LogP contribution in [0.4, 0.5) is 5.69 Å². The van der Waals surface area contributed by atoms with Crippen molar-refractivity contribution in [1.82, 2.24) is 4.98 Å². The average Bonchev–Trinajstić information content (AvgIpc) is 2.31. The minimum atomic E-state index is -0.0824. The van der Waals surface area contributed by atoms with Gasteiger partial charge in [-0.15, -0.1) is 0 Å². The van der Waals surface area contributed by atoms with E-state index in [4.69, 9.17) is 10.5 Å². The van der Waals surface area contributed by atoms with Gasteiger partial charge in [0.15, 0.2) is 0 Å². The van der Waals surface area contributed by atoms with Crippen molar-refractivity contribution in [3.05, 3.63) is 34.1 Å². The van der Waals surface area contributed by atoms with Gasteiger partial charge in [0.2, 0.25) is 0 Å². The summed E-state index contributed by atoms with van der Waals surface area (Å²) in [5.41, 5.74) is 7.78. The second kappa shape index (κ2) is 4.49. The molecule has 0 saturated heterocycles. The van der Waals surface area contributed by atoms with E-state index in [1.54, 1.807) is 19.2 Å². The molecule has 1 aromatic carbocycles. The Hall–Kier alpha value is -1.97. The molecule has 2 rings (SSSR count). The first-order valence-electron chi connectivity index (χ1n) is 5.65. The normalized spacial score (nSPS) is 10.7. The monoisotopic (exact) mass is 232 g/mol. The van der Waals surface area contributed by atoms with E-state index < -0.39 is 0 Å². The molecule has 3 N–H and O–H groups in total. The van der Waals surface area contributed by atoms with Crippen LogP contribution >= 0.6 is 0 Å². The number of nitrogens with two attached hydrogens (primary N) is 1. The van der Waals surface area contributed by atoms with Gasteiger partial charge < -0.3 is 15.5 Å². The number of methoxy groups -OCH3 is 1. The smallest absolute Gasteiger partial charge is 0.255 e. The van der Waals surface area contributed by atoms with E-state index in [-0.39, 0.29) is 5.56 Å². The van der Waals surface area contributed by atoms with Crippen molar-refractivity contribution in [2.45, 2.75) is 19.8 Å². The highest BCUT2D eigenvalue weighted by molar-refractivity contribution is 5.88. The number of H-pyrrole nitrogens is 1. The molecule has 0 aliphatic carbocycles. The van der Waals surface area contributed by atoms with Crippen LogP contribution in [0.5, 0.6) is 5.75 Å². The fraction of sp³-hybridized carbons (Fsp3) is 0.308. The third-order valence-corrected chi connectivity index (χ3v) is 2.79. The van der Waals surface area contributed by atoms with Gasteiger partial charge in [-0.1, -0.05) is 13.3 Å². The number of hydrogen-bond acceptors (Lipinski definition) is 3. The molecule has 0 amide bonds. The third-order valence-electron chi connectivity index (χ3n) is 2.79. The standard InChI is InChI=1S/C13H16N2O2/c1-3-4-9-12(17-2)10-7-8(14)5-6-11(10)15-13(9)16/h5-7H,3-4,14H2,1-2H3,(H,15,16). The zero-order chi connectivity index (χ0) is 12.4. The maximum atomic E-state index is 11.9. The quantitative estimate of drug-likeness (QED) is 0.796. The molecule has 0 aliphatic heterocycles. The van der Waals surface area contributed by atoms with Crippen molar-refractivity contribution in [2.24, 2.45) is 0 Å². The number of nitrogen functional groups attached to an aromatic ring is 1. The van der Waals surface area contributed by atoms with E-state index in [1.165, 1.54) is 0 Å². The lowest BCUT2D eigenvalue weighted by atomic mass is 10.1. The van der Waals surface area contributed by atoms with E-state index in [0.717, 1.165) is 17.3 Å². The fourth-order valence-corrected chi connectivity index (χ4v) is 2.03. The highest BCUT2D eigenvalue weighted by Gasteiger charge is 2.12. The van der Waals surface area contributed by atoms with Gasteiger partial charge >= 0.3 is 0 Å². The van der Waals surface area contributed by atoms with Crippen LogP contribution in [-0.2, 0) is 6.42 Å². The Balaban J connectivity index is 2.82. The van der Waals surface area contributed by atoms with Crippen LogP contribution in [0.2, 0.25) is 0 Å². The molecule has 17 heavy (non-hydrogen) atoms. The van der Waals surface area contributed by atoms with Gasteiger partial charge in [0.25, 0.3) is 5.56 Å². The van der Waals surface area contributed by atoms with E-state index in [2.05, 4.69) is 4.98 Å². The summed E-state index contributed by atoms with van der Waals surface area (Å²) in [6.07, 6.45) is 1.59. The lowest BCUT2D eigenvalue weighted by molar-refractivity contribution is 0.413. The number of aromatic nitrogens is 1. The van der Waals surface area contributed by atoms with Gasteiger partial charge in [-0.05, 0) is 24.6 Å². The maximum Gasteiger partial charge on any atom is 0.255 e. The van der Waals surface area contributed by atoms with Crippen molar-refractivity contribution in [3.8, 4) is 5.75 Å². The van der Waals surface area contributed by atoms with Crippen LogP contribution in [0.15, 0.2) is 23.0 Å². The molecule has 0 unspecified atom stereocenters. The van der Waals surface area contributed by atoms with E-state index in [0.29, 0.717) is 23.4 Å². The summed E-state index contributed by atoms with van der Waals surface area (Å²) < 4.78 is 5.37. The summed E-state index contributed by atoms with van der Waals surface area (Å²) >= 11 is 0. The Morgan fingerprint density at radius 1 is 1.41 bits per heavy atom. The molecule has 0 bridgehead atoms. The molecule has 0 spiro atoms. The van der Waals surface area contributed by atoms with Crippen LogP contribution in [0.25, 0.3) is 10.9 Å². The second-order valence-electron chi connectivity index (χ2n) is 4.02. The van der Waals surface area contributed by atoms with Crippen LogP contribution in [-0.4, -0.2) is 12.1 Å². The van der Waals surface area contributed by atoms with Crippen LogP contribution in [0, 0.1) is 0 Å². The first-order valence-corrected chi connectivity index (χ1v) is 5.65. The molecule has 0 radical (unpaired) electrons. The van der Waals surface area contributed by atoms with Crippen LogP contribution in [0.1, 0.15) is 18.9 Å². The number of nitrogens with one attached hydrogen (secondary N) is 1. The molecule has 4 heteroatoms. The Morgan fingerprint density at radius 3 is 2.82 bits per heavy atom. The van der Waals surface area contributed by atoms with Crippen molar-refractivity contribution in [3.63, 3.8) is 0 Å². The lowest BCUT2D eigenvalue weighted by Gasteiger charge is -2.10. The number of anilines is 1. The number of pyridine rings is 1. The van der Waals surface area contributed by atoms with Gasteiger partial charge in [-0.3, -0.25) is 4.79 Å². The minimum Gasteiger partial charge on any atom is -0.496 e. The minimum absolute atomic E-state index is 0.0824. The summed E-state index contributed by atoms with van der Waals surface area (Å²) in [6.45, 7) is 2.03. The van der Waals surface area contributed by atoms with Gasteiger partial charge in [0, 0.05) is 11.1 Å². The second-order valence-corrected chi connectivity index (χ2v) is 4.02. The summed E-state index contributed by atoms with van der Waals surface area (Å²) in [7, 11) is 1.58. The molecule has 0 fully saturated rings. The zero-order valence-electron chi connectivity index (χ0n) is 10.0. The third kappa shape index (κ3) is 1.98. The molecule has 0 aliphatic rings.